The molecule has 0 aromatic carbocycles. The van der Waals surface area contributed by atoms with Gasteiger partial charge in [-0.05, 0) is 19.4 Å². The third kappa shape index (κ3) is 2.35. The maximum atomic E-state index is 4.43. The second-order valence-electron chi connectivity index (χ2n) is 3.85. The molecule has 1 unspecified atom stereocenters. The average molecular weight is 195 g/mol. The molecule has 0 fully saturated rings. The molecule has 80 valence electrons. The van der Waals surface area contributed by atoms with Gasteiger partial charge in [0.05, 0.1) is 6.04 Å². The Labute approximate surface area is 86.5 Å². The highest BCUT2D eigenvalue weighted by Crippen LogP contribution is 2.19. The van der Waals surface area contributed by atoms with E-state index in [1.54, 1.807) is 0 Å². The van der Waals surface area contributed by atoms with Crippen molar-refractivity contribution in [2.24, 2.45) is 5.92 Å². The normalized spacial score (nSPS) is 13.5. The largest absolute Gasteiger partial charge is 0.334 e. The van der Waals surface area contributed by atoms with Crippen LogP contribution in [0, 0.1) is 5.92 Å². The van der Waals surface area contributed by atoms with Gasteiger partial charge in [-0.3, -0.25) is 0 Å². The van der Waals surface area contributed by atoms with Gasteiger partial charge >= 0.3 is 0 Å². The minimum Gasteiger partial charge on any atom is -0.334 e. The molecule has 1 rings (SSSR count). The van der Waals surface area contributed by atoms with E-state index in [2.05, 4.69) is 42.6 Å². The molecule has 0 radical (unpaired) electrons. The molecule has 3 heteroatoms. The summed E-state index contributed by atoms with van der Waals surface area (Å²) in [5.74, 6) is 1.73. The van der Waals surface area contributed by atoms with Crippen molar-refractivity contribution in [1.82, 2.24) is 14.9 Å². The Kier molecular flexibility index (Phi) is 4.14. The topological polar surface area (TPSA) is 29.9 Å². The fraction of sp³-hybridized carbons (Fsp3) is 0.727. The summed E-state index contributed by atoms with van der Waals surface area (Å²) in [6.45, 7) is 10.7. The lowest BCUT2D eigenvalue weighted by Gasteiger charge is -2.21. The Morgan fingerprint density at radius 2 is 2.14 bits per heavy atom. The SMILES string of the molecule is CCNC(c1nccn1CC)C(C)C. The highest BCUT2D eigenvalue weighted by atomic mass is 15.1. The molecule has 0 amide bonds. The number of nitrogens with zero attached hydrogens (tertiary/aromatic N) is 2. The summed E-state index contributed by atoms with van der Waals surface area (Å²) in [5.41, 5.74) is 0. The van der Waals surface area contributed by atoms with E-state index in [0.717, 1.165) is 18.9 Å². The molecule has 1 aromatic heterocycles. The van der Waals surface area contributed by atoms with Gasteiger partial charge in [-0.1, -0.05) is 20.8 Å². The van der Waals surface area contributed by atoms with Crippen LogP contribution in [0.5, 0.6) is 0 Å². The standard InChI is InChI=1S/C11H21N3/c1-5-12-10(9(3)4)11-13-7-8-14(11)6-2/h7-10,12H,5-6H2,1-4H3. The van der Waals surface area contributed by atoms with Gasteiger partial charge in [0.1, 0.15) is 5.82 Å². The van der Waals surface area contributed by atoms with Crippen molar-refractivity contribution in [1.29, 1.82) is 0 Å². The maximum absolute atomic E-state index is 4.43. The molecular formula is C11H21N3. The smallest absolute Gasteiger partial charge is 0.126 e. The maximum Gasteiger partial charge on any atom is 0.126 e. The Hall–Kier alpha value is -0.830. The van der Waals surface area contributed by atoms with Gasteiger partial charge in [-0.15, -0.1) is 0 Å². The van der Waals surface area contributed by atoms with Gasteiger partial charge in [0, 0.05) is 18.9 Å². The minimum atomic E-state index is 0.370. The molecule has 0 aliphatic heterocycles. The lowest BCUT2D eigenvalue weighted by molar-refractivity contribution is 0.390. The number of nitrogens with one attached hydrogen (secondary N) is 1. The van der Waals surface area contributed by atoms with E-state index in [0.29, 0.717) is 12.0 Å². The van der Waals surface area contributed by atoms with Gasteiger partial charge in [-0.25, -0.2) is 4.98 Å². The number of hydrogen-bond acceptors (Lipinski definition) is 2. The second kappa shape index (κ2) is 5.15. The lowest BCUT2D eigenvalue weighted by atomic mass is 10.0. The first-order valence-corrected chi connectivity index (χ1v) is 5.45. The van der Waals surface area contributed by atoms with E-state index in [-0.39, 0.29) is 0 Å². The Bertz CT molecular complexity index is 265. The quantitative estimate of drug-likeness (QED) is 0.780. The summed E-state index contributed by atoms with van der Waals surface area (Å²) >= 11 is 0. The molecule has 0 bridgehead atoms. The molecule has 0 spiro atoms. The zero-order valence-electron chi connectivity index (χ0n) is 9.62. The van der Waals surface area contributed by atoms with Gasteiger partial charge < -0.3 is 9.88 Å². The number of hydrogen-bond donors (Lipinski definition) is 1. The van der Waals surface area contributed by atoms with E-state index in [9.17, 15) is 0 Å². The number of aromatic nitrogens is 2. The summed E-state index contributed by atoms with van der Waals surface area (Å²) < 4.78 is 2.20. The zero-order chi connectivity index (χ0) is 10.6. The summed E-state index contributed by atoms with van der Waals surface area (Å²) in [7, 11) is 0. The van der Waals surface area contributed by atoms with Crippen molar-refractivity contribution >= 4 is 0 Å². The molecule has 1 aromatic rings. The van der Waals surface area contributed by atoms with E-state index < -0.39 is 0 Å². The van der Waals surface area contributed by atoms with Crippen molar-refractivity contribution in [3.05, 3.63) is 18.2 Å². The van der Waals surface area contributed by atoms with Gasteiger partial charge in [0.25, 0.3) is 0 Å². The summed E-state index contributed by atoms with van der Waals surface area (Å²) in [6, 6.07) is 0.370. The molecule has 1 N–H and O–H groups in total. The molecule has 3 nitrogen and oxygen atoms in total. The van der Waals surface area contributed by atoms with Crippen LogP contribution in [0.1, 0.15) is 39.6 Å². The van der Waals surface area contributed by atoms with Gasteiger partial charge in [0.2, 0.25) is 0 Å². The zero-order valence-corrected chi connectivity index (χ0v) is 9.62. The average Bonchev–Trinajstić information content (AvgIpc) is 2.61. The van der Waals surface area contributed by atoms with Crippen LogP contribution >= 0.6 is 0 Å². The highest BCUT2D eigenvalue weighted by molar-refractivity contribution is 5.00. The first-order valence-electron chi connectivity index (χ1n) is 5.45. The van der Waals surface area contributed by atoms with Crippen LogP contribution in [0.15, 0.2) is 12.4 Å². The molecular weight excluding hydrogens is 174 g/mol. The van der Waals surface area contributed by atoms with Crippen LogP contribution in [0.4, 0.5) is 0 Å². The van der Waals surface area contributed by atoms with Crippen molar-refractivity contribution < 1.29 is 0 Å². The molecule has 0 saturated carbocycles. The fourth-order valence-electron chi connectivity index (χ4n) is 1.71. The van der Waals surface area contributed by atoms with E-state index in [1.165, 1.54) is 0 Å². The summed E-state index contributed by atoms with van der Waals surface area (Å²) in [6.07, 6.45) is 3.92. The molecule has 0 aliphatic rings. The van der Waals surface area contributed by atoms with Crippen LogP contribution in [0.2, 0.25) is 0 Å². The minimum absolute atomic E-state index is 0.370. The predicted octanol–water partition coefficient (Wildman–Crippen LogP) is 2.21. The molecule has 1 heterocycles. The van der Waals surface area contributed by atoms with Crippen LogP contribution in [0.25, 0.3) is 0 Å². The fourth-order valence-corrected chi connectivity index (χ4v) is 1.71. The molecule has 0 aliphatic carbocycles. The first-order chi connectivity index (χ1) is 6.70. The summed E-state index contributed by atoms with van der Waals surface area (Å²) in [4.78, 5) is 4.43. The Morgan fingerprint density at radius 3 is 2.64 bits per heavy atom. The second-order valence-corrected chi connectivity index (χ2v) is 3.85. The van der Waals surface area contributed by atoms with E-state index >= 15 is 0 Å². The van der Waals surface area contributed by atoms with Crippen LogP contribution < -0.4 is 5.32 Å². The third-order valence-corrected chi connectivity index (χ3v) is 2.46. The molecule has 0 saturated heterocycles. The van der Waals surface area contributed by atoms with Crippen molar-refractivity contribution in [3.63, 3.8) is 0 Å². The highest BCUT2D eigenvalue weighted by Gasteiger charge is 2.18. The molecule has 14 heavy (non-hydrogen) atoms. The van der Waals surface area contributed by atoms with Gasteiger partial charge in [0.15, 0.2) is 0 Å². The third-order valence-electron chi connectivity index (χ3n) is 2.46. The van der Waals surface area contributed by atoms with Crippen molar-refractivity contribution in [2.75, 3.05) is 6.54 Å². The predicted molar refractivity (Wildman–Crippen MR) is 59.2 cm³/mol. The van der Waals surface area contributed by atoms with Crippen LogP contribution in [0.3, 0.4) is 0 Å². The van der Waals surface area contributed by atoms with Crippen LogP contribution in [-0.4, -0.2) is 16.1 Å². The lowest BCUT2D eigenvalue weighted by Crippen LogP contribution is -2.28. The van der Waals surface area contributed by atoms with Gasteiger partial charge in [-0.2, -0.15) is 0 Å². The summed E-state index contributed by atoms with van der Waals surface area (Å²) in [5, 5.41) is 3.48. The Morgan fingerprint density at radius 1 is 1.43 bits per heavy atom. The number of imidazole rings is 1. The molecule has 1 atom stereocenters. The van der Waals surface area contributed by atoms with Crippen molar-refractivity contribution in [3.8, 4) is 0 Å². The number of rotatable bonds is 5. The van der Waals surface area contributed by atoms with Crippen LogP contribution in [-0.2, 0) is 6.54 Å². The van der Waals surface area contributed by atoms with Crippen molar-refractivity contribution in [2.45, 2.75) is 40.3 Å². The monoisotopic (exact) mass is 195 g/mol. The first kappa shape index (κ1) is 11.2. The van der Waals surface area contributed by atoms with E-state index in [1.807, 2.05) is 12.4 Å². The van der Waals surface area contributed by atoms with E-state index in [4.69, 9.17) is 0 Å². The Balaban J connectivity index is 2.86. The number of aryl methyl sites for hydroxylation is 1.